The average Bonchev–Trinajstić information content (AvgIpc) is 2.37. The lowest BCUT2D eigenvalue weighted by Gasteiger charge is -2.09. The van der Waals surface area contributed by atoms with Crippen molar-refractivity contribution >= 4 is 0 Å². The van der Waals surface area contributed by atoms with Gasteiger partial charge in [0, 0.05) is 0 Å². The molecular weight excluding hydrogens is 220 g/mol. The fourth-order valence-electron chi connectivity index (χ4n) is 2.26. The highest BCUT2D eigenvalue weighted by atomic mass is 16.3. The molecule has 2 rings (SSSR count). The summed E-state index contributed by atoms with van der Waals surface area (Å²) in [7, 11) is 0. The van der Waals surface area contributed by atoms with Crippen molar-refractivity contribution < 1.29 is 5.11 Å². The van der Waals surface area contributed by atoms with E-state index in [1.165, 1.54) is 16.7 Å². The molecule has 0 atom stereocenters. The summed E-state index contributed by atoms with van der Waals surface area (Å²) in [4.78, 5) is 0. The van der Waals surface area contributed by atoms with E-state index in [0.29, 0.717) is 5.75 Å². The smallest absolute Gasteiger partial charge is 0.118 e. The first-order valence-electron chi connectivity index (χ1n) is 6.50. The molecule has 0 spiro atoms. The first-order valence-corrected chi connectivity index (χ1v) is 6.50. The van der Waals surface area contributed by atoms with Crippen LogP contribution < -0.4 is 0 Å². The number of rotatable bonds is 4. The largest absolute Gasteiger partial charge is 0.508 e. The van der Waals surface area contributed by atoms with Gasteiger partial charge in [0.15, 0.2) is 0 Å². The fraction of sp³-hybridized carbons (Fsp3) is 0.294. The van der Waals surface area contributed by atoms with Crippen LogP contribution in [0.4, 0.5) is 0 Å². The predicted molar refractivity (Wildman–Crippen MR) is 76.0 cm³/mol. The van der Waals surface area contributed by atoms with Crippen LogP contribution in [0.2, 0.25) is 0 Å². The van der Waals surface area contributed by atoms with Crippen molar-refractivity contribution in [1.82, 2.24) is 0 Å². The van der Waals surface area contributed by atoms with E-state index in [-0.39, 0.29) is 0 Å². The van der Waals surface area contributed by atoms with Gasteiger partial charge >= 0.3 is 0 Å². The fourth-order valence-corrected chi connectivity index (χ4v) is 2.26. The minimum atomic E-state index is 0.402. The summed E-state index contributed by atoms with van der Waals surface area (Å²) in [6.45, 7) is 4.02. The van der Waals surface area contributed by atoms with Gasteiger partial charge < -0.3 is 5.11 Å². The first-order chi connectivity index (χ1) is 8.66. The second kappa shape index (κ2) is 5.72. The molecular formula is C17H20O. The van der Waals surface area contributed by atoms with Crippen molar-refractivity contribution in [2.45, 2.75) is 33.1 Å². The van der Waals surface area contributed by atoms with Crippen LogP contribution in [0.25, 0.3) is 0 Å². The van der Waals surface area contributed by atoms with E-state index in [9.17, 15) is 5.11 Å². The molecule has 2 aromatic rings. The van der Waals surface area contributed by atoms with Gasteiger partial charge in [0.25, 0.3) is 0 Å². The quantitative estimate of drug-likeness (QED) is 0.849. The Hall–Kier alpha value is -1.76. The molecule has 0 bridgehead atoms. The zero-order chi connectivity index (χ0) is 13.0. The SMILES string of the molecule is Cc1cc(CCCc2ccccc2)c(C)cc1O. The third-order valence-electron chi connectivity index (χ3n) is 3.41. The van der Waals surface area contributed by atoms with Crippen molar-refractivity contribution in [2.75, 3.05) is 0 Å². The Kier molecular flexibility index (Phi) is 4.03. The van der Waals surface area contributed by atoms with Gasteiger partial charge in [0.2, 0.25) is 0 Å². The van der Waals surface area contributed by atoms with E-state index < -0.39 is 0 Å². The van der Waals surface area contributed by atoms with Crippen LogP contribution in [-0.4, -0.2) is 5.11 Å². The Morgan fingerprint density at radius 2 is 1.61 bits per heavy atom. The van der Waals surface area contributed by atoms with Crippen LogP contribution in [-0.2, 0) is 12.8 Å². The Bertz CT molecular complexity index is 515. The molecule has 2 aromatic carbocycles. The molecule has 18 heavy (non-hydrogen) atoms. The molecule has 0 heterocycles. The van der Waals surface area contributed by atoms with Gasteiger partial charge in [-0.2, -0.15) is 0 Å². The Balaban J connectivity index is 1.97. The zero-order valence-corrected chi connectivity index (χ0v) is 11.1. The molecule has 0 unspecified atom stereocenters. The van der Waals surface area contributed by atoms with Gasteiger partial charge in [-0.05, 0) is 61.4 Å². The molecule has 0 fully saturated rings. The number of benzene rings is 2. The number of hydrogen-bond acceptors (Lipinski definition) is 1. The summed E-state index contributed by atoms with van der Waals surface area (Å²) < 4.78 is 0. The summed E-state index contributed by atoms with van der Waals surface area (Å²) >= 11 is 0. The highest BCUT2D eigenvalue weighted by Gasteiger charge is 2.03. The summed E-state index contributed by atoms with van der Waals surface area (Å²) in [5, 5.41) is 9.63. The first kappa shape index (κ1) is 12.7. The van der Waals surface area contributed by atoms with Gasteiger partial charge in [-0.1, -0.05) is 36.4 Å². The Morgan fingerprint density at radius 3 is 2.33 bits per heavy atom. The van der Waals surface area contributed by atoms with E-state index in [2.05, 4.69) is 43.3 Å². The number of aromatic hydroxyl groups is 1. The highest BCUT2D eigenvalue weighted by molar-refractivity contribution is 5.40. The van der Waals surface area contributed by atoms with Crippen LogP contribution in [0.1, 0.15) is 28.7 Å². The molecule has 1 nitrogen and oxygen atoms in total. The van der Waals surface area contributed by atoms with Gasteiger partial charge in [0.1, 0.15) is 5.75 Å². The molecule has 0 aromatic heterocycles. The lowest BCUT2D eigenvalue weighted by molar-refractivity contribution is 0.470. The average molecular weight is 240 g/mol. The van der Waals surface area contributed by atoms with Crippen LogP contribution in [0.5, 0.6) is 5.75 Å². The molecule has 0 aliphatic carbocycles. The third kappa shape index (κ3) is 3.13. The van der Waals surface area contributed by atoms with E-state index in [0.717, 1.165) is 24.8 Å². The number of phenols is 1. The van der Waals surface area contributed by atoms with Crippen LogP contribution in [0.3, 0.4) is 0 Å². The van der Waals surface area contributed by atoms with Gasteiger partial charge in [-0.25, -0.2) is 0 Å². The minimum Gasteiger partial charge on any atom is -0.508 e. The van der Waals surface area contributed by atoms with Crippen molar-refractivity contribution in [3.05, 3.63) is 64.7 Å². The summed E-state index contributed by atoms with van der Waals surface area (Å²) in [6, 6.07) is 14.6. The monoisotopic (exact) mass is 240 g/mol. The Labute approximate surface area is 109 Å². The molecule has 0 amide bonds. The van der Waals surface area contributed by atoms with Crippen LogP contribution in [0, 0.1) is 13.8 Å². The van der Waals surface area contributed by atoms with Gasteiger partial charge in [0.05, 0.1) is 0 Å². The van der Waals surface area contributed by atoms with Crippen LogP contribution >= 0.6 is 0 Å². The van der Waals surface area contributed by atoms with E-state index >= 15 is 0 Å². The van der Waals surface area contributed by atoms with Crippen molar-refractivity contribution in [3.8, 4) is 5.75 Å². The number of phenolic OH excluding ortho intramolecular Hbond substituents is 1. The Morgan fingerprint density at radius 1 is 0.889 bits per heavy atom. The molecule has 0 saturated heterocycles. The van der Waals surface area contributed by atoms with Gasteiger partial charge in [-0.15, -0.1) is 0 Å². The maximum Gasteiger partial charge on any atom is 0.118 e. The molecule has 1 N–H and O–H groups in total. The van der Waals surface area contributed by atoms with Crippen LogP contribution in [0.15, 0.2) is 42.5 Å². The van der Waals surface area contributed by atoms with E-state index in [1.807, 2.05) is 13.0 Å². The van der Waals surface area contributed by atoms with Crippen molar-refractivity contribution in [1.29, 1.82) is 0 Å². The predicted octanol–water partition coefficient (Wildman–Crippen LogP) is 4.18. The second-order valence-electron chi connectivity index (χ2n) is 4.90. The summed E-state index contributed by atoms with van der Waals surface area (Å²) in [6.07, 6.45) is 3.33. The lowest BCUT2D eigenvalue weighted by Crippen LogP contribution is -1.94. The molecule has 0 radical (unpaired) electrons. The normalized spacial score (nSPS) is 10.6. The maximum absolute atomic E-state index is 9.63. The van der Waals surface area contributed by atoms with Crippen molar-refractivity contribution in [3.63, 3.8) is 0 Å². The second-order valence-corrected chi connectivity index (χ2v) is 4.90. The minimum absolute atomic E-state index is 0.402. The number of aryl methyl sites for hydroxylation is 4. The topological polar surface area (TPSA) is 20.2 Å². The molecule has 0 aliphatic rings. The summed E-state index contributed by atoms with van der Waals surface area (Å²) in [5.74, 6) is 0.402. The maximum atomic E-state index is 9.63. The standard InChI is InChI=1S/C17H20O/c1-13-12-17(18)14(2)11-16(13)10-6-9-15-7-4-3-5-8-15/h3-5,7-8,11-12,18H,6,9-10H2,1-2H3. The third-order valence-corrected chi connectivity index (χ3v) is 3.41. The lowest BCUT2D eigenvalue weighted by atomic mass is 9.98. The van der Waals surface area contributed by atoms with Gasteiger partial charge in [-0.3, -0.25) is 0 Å². The van der Waals surface area contributed by atoms with E-state index in [1.54, 1.807) is 0 Å². The molecule has 1 heteroatoms. The zero-order valence-electron chi connectivity index (χ0n) is 11.1. The number of hydrogen-bond donors (Lipinski definition) is 1. The molecule has 94 valence electrons. The van der Waals surface area contributed by atoms with E-state index in [4.69, 9.17) is 0 Å². The summed E-state index contributed by atoms with van der Waals surface area (Å²) in [5.41, 5.74) is 4.90. The molecule has 0 aliphatic heterocycles. The molecule has 0 saturated carbocycles. The van der Waals surface area contributed by atoms with Crippen molar-refractivity contribution in [2.24, 2.45) is 0 Å². The highest BCUT2D eigenvalue weighted by Crippen LogP contribution is 2.22.